The van der Waals surface area contributed by atoms with Gasteiger partial charge in [-0.2, -0.15) is 5.10 Å². The number of rotatable bonds is 6. The number of H-pyrrole nitrogens is 1. The summed E-state index contributed by atoms with van der Waals surface area (Å²) in [6.07, 6.45) is 2.65. The van der Waals surface area contributed by atoms with E-state index in [0.717, 1.165) is 25.2 Å². The van der Waals surface area contributed by atoms with E-state index < -0.39 is 0 Å². The number of carbonyl (C=O) groups is 1. The molecule has 0 unspecified atom stereocenters. The second-order valence-corrected chi connectivity index (χ2v) is 3.41. The van der Waals surface area contributed by atoms with Gasteiger partial charge in [0.05, 0.1) is 11.8 Å². The summed E-state index contributed by atoms with van der Waals surface area (Å²) in [4.78, 5) is 11.6. The first-order chi connectivity index (χ1) is 7.25. The van der Waals surface area contributed by atoms with Crippen LogP contribution < -0.4 is 10.6 Å². The van der Waals surface area contributed by atoms with E-state index in [-0.39, 0.29) is 5.91 Å². The van der Waals surface area contributed by atoms with Crippen molar-refractivity contribution in [2.75, 3.05) is 19.6 Å². The maximum Gasteiger partial charge on any atom is 0.254 e. The lowest BCUT2D eigenvalue weighted by Gasteiger charge is -2.05. The van der Waals surface area contributed by atoms with E-state index >= 15 is 0 Å². The number of aryl methyl sites for hydroxylation is 1. The molecule has 0 atom stereocenters. The van der Waals surface area contributed by atoms with Crippen LogP contribution >= 0.6 is 0 Å². The number of hydrogen-bond acceptors (Lipinski definition) is 3. The summed E-state index contributed by atoms with van der Waals surface area (Å²) in [6.45, 7) is 6.37. The molecule has 0 radical (unpaired) electrons. The molecular formula is C10H18N4O. The molecule has 1 rings (SSSR count). The predicted molar refractivity (Wildman–Crippen MR) is 58.8 cm³/mol. The molecule has 0 saturated carbocycles. The van der Waals surface area contributed by atoms with E-state index in [9.17, 15) is 4.79 Å². The molecule has 1 amide bonds. The first-order valence-electron chi connectivity index (χ1n) is 5.24. The molecule has 1 aromatic rings. The first-order valence-corrected chi connectivity index (χ1v) is 5.24. The van der Waals surface area contributed by atoms with Crippen LogP contribution in [0.2, 0.25) is 0 Å². The Morgan fingerprint density at radius 3 is 2.87 bits per heavy atom. The third-order valence-corrected chi connectivity index (χ3v) is 2.09. The molecule has 1 aromatic heterocycles. The lowest BCUT2D eigenvalue weighted by molar-refractivity contribution is 0.0953. The lowest BCUT2D eigenvalue weighted by Crippen LogP contribution is -2.32. The Bertz CT molecular complexity index is 308. The Morgan fingerprint density at radius 1 is 1.47 bits per heavy atom. The van der Waals surface area contributed by atoms with E-state index in [4.69, 9.17) is 0 Å². The van der Waals surface area contributed by atoms with E-state index in [1.165, 1.54) is 0 Å². The maximum absolute atomic E-state index is 11.6. The van der Waals surface area contributed by atoms with Gasteiger partial charge in [-0.1, -0.05) is 6.92 Å². The van der Waals surface area contributed by atoms with Gasteiger partial charge >= 0.3 is 0 Å². The fraction of sp³-hybridized carbons (Fsp3) is 0.600. The third kappa shape index (κ3) is 3.71. The van der Waals surface area contributed by atoms with Gasteiger partial charge in [-0.25, -0.2) is 0 Å². The summed E-state index contributed by atoms with van der Waals surface area (Å²) >= 11 is 0. The highest BCUT2D eigenvalue weighted by atomic mass is 16.1. The van der Waals surface area contributed by atoms with Crippen LogP contribution in [0.1, 0.15) is 29.4 Å². The van der Waals surface area contributed by atoms with E-state index in [0.29, 0.717) is 12.1 Å². The Labute approximate surface area is 89.6 Å². The van der Waals surface area contributed by atoms with Crippen LogP contribution in [0, 0.1) is 6.92 Å². The monoisotopic (exact) mass is 210 g/mol. The molecule has 0 fully saturated rings. The number of nitrogens with zero attached hydrogens (tertiary/aromatic N) is 1. The van der Waals surface area contributed by atoms with Crippen LogP contribution in [0.15, 0.2) is 6.20 Å². The molecule has 3 N–H and O–H groups in total. The molecule has 84 valence electrons. The quantitative estimate of drug-likeness (QED) is 0.597. The number of carbonyl (C=O) groups excluding carboxylic acids is 1. The molecule has 0 spiro atoms. The second-order valence-electron chi connectivity index (χ2n) is 3.41. The van der Waals surface area contributed by atoms with E-state index in [1.54, 1.807) is 6.20 Å². The van der Waals surface area contributed by atoms with Crippen LogP contribution in [0.4, 0.5) is 0 Å². The molecule has 0 aliphatic heterocycles. The Balaban J connectivity index is 2.22. The third-order valence-electron chi connectivity index (χ3n) is 2.09. The Kier molecular flexibility index (Phi) is 4.83. The molecule has 1 heterocycles. The molecule has 5 heteroatoms. The molecule has 0 aliphatic rings. The van der Waals surface area contributed by atoms with E-state index in [2.05, 4.69) is 27.8 Å². The molecule has 5 nitrogen and oxygen atoms in total. The lowest BCUT2D eigenvalue weighted by atomic mass is 10.2. The fourth-order valence-electron chi connectivity index (χ4n) is 1.24. The van der Waals surface area contributed by atoms with Crippen molar-refractivity contribution in [3.8, 4) is 0 Å². The molecule has 0 aliphatic carbocycles. The summed E-state index contributed by atoms with van der Waals surface area (Å²) in [6, 6.07) is 0. The van der Waals surface area contributed by atoms with Gasteiger partial charge in [0.1, 0.15) is 0 Å². The van der Waals surface area contributed by atoms with Gasteiger partial charge in [-0.3, -0.25) is 9.89 Å². The topological polar surface area (TPSA) is 69.8 Å². The highest BCUT2D eigenvalue weighted by Crippen LogP contribution is 2.00. The zero-order chi connectivity index (χ0) is 11.1. The minimum Gasteiger partial charge on any atom is -0.351 e. The zero-order valence-electron chi connectivity index (χ0n) is 9.26. The largest absolute Gasteiger partial charge is 0.351 e. The fourth-order valence-corrected chi connectivity index (χ4v) is 1.24. The van der Waals surface area contributed by atoms with Gasteiger partial charge in [0, 0.05) is 18.8 Å². The van der Waals surface area contributed by atoms with Crippen molar-refractivity contribution in [3.63, 3.8) is 0 Å². The number of amides is 1. The standard InChI is InChI=1S/C10H18N4O/c1-3-4-11-5-6-12-10(15)9-7-13-14-8(9)2/h7,11H,3-6H2,1-2H3,(H,12,15)(H,13,14). The van der Waals surface area contributed by atoms with Crippen molar-refractivity contribution in [1.29, 1.82) is 0 Å². The predicted octanol–water partition coefficient (Wildman–Crippen LogP) is 0.448. The van der Waals surface area contributed by atoms with Crippen molar-refractivity contribution in [2.24, 2.45) is 0 Å². The molecule has 15 heavy (non-hydrogen) atoms. The average Bonchev–Trinajstić information content (AvgIpc) is 2.64. The second kappa shape index (κ2) is 6.19. The normalized spacial score (nSPS) is 10.3. The Hall–Kier alpha value is -1.36. The van der Waals surface area contributed by atoms with Gasteiger partial charge in [0.2, 0.25) is 0 Å². The molecule has 0 saturated heterocycles. The van der Waals surface area contributed by atoms with Gasteiger partial charge in [-0.05, 0) is 19.9 Å². The SMILES string of the molecule is CCCNCCNC(=O)c1cn[nH]c1C. The first kappa shape index (κ1) is 11.7. The number of nitrogens with one attached hydrogen (secondary N) is 3. The number of aromatic amines is 1. The highest BCUT2D eigenvalue weighted by Gasteiger charge is 2.08. The van der Waals surface area contributed by atoms with Gasteiger partial charge < -0.3 is 10.6 Å². The van der Waals surface area contributed by atoms with Gasteiger partial charge in [0.15, 0.2) is 0 Å². The van der Waals surface area contributed by atoms with Crippen LogP contribution in [-0.4, -0.2) is 35.7 Å². The number of hydrogen-bond donors (Lipinski definition) is 3. The van der Waals surface area contributed by atoms with Crippen LogP contribution in [0.25, 0.3) is 0 Å². The maximum atomic E-state index is 11.6. The molecular weight excluding hydrogens is 192 g/mol. The smallest absolute Gasteiger partial charge is 0.254 e. The molecule has 0 bridgehead atoms. The van der Waals surface area contributed by atoms with Crippen molar-refractivity contribution in [2.45, 2.75) is 20.3 Å². The van der Waals surface area contributed by atoms with Gasteiger partial charge in [-0.15, -0.1) is 0 Å². The van der Waals surface area contributed by atoms with Crippen LogP contribution in [0.3, 0.4) is 0 Å². The molecule has 0 aromatic carbocycles. The summed E-state index contributed by atoms with van der Waals surface area (Å²) in [5.41, 5.74) is 1.42. The summed E-state index contributed by atoms with van der Waals surface area (Å²) in [5, 5.41) is 12.6. The highest BCUT2D eigenvalue weighted by molar-refractivity contribution is 5.94. The summed E-state index contributed by atoms with van der Waals surface area (Å²) in [5.74, 6) is -0.0699. The summed E-state index contributed by atoms with van der Waals surface area (Å²) < 4.78 is 0. The van der Waals surface area contributed by atoms with Crippen LogP contribution in [-0.2, 0) is 0 Å². The zero-order valence-corrected chi connectivity index (χ0v) is 9.26. The summed E-state index contributed by atoms with van der Waals surface area (Å²) in [7, 11) is 0. The van der Waals surface area contributed by atoms with Crippen molar-refractivity contribution in [1.82, 2.24) is 20.8 Å². The Morgan fingerprint density at radius 2 is 2.27 bits per heavy atom. The van der Waals surface area contributed by atoms with Gasteiger partial charge in [0.25, 0.3) is 5.91 Å². The van der Waals surface area contributed by atoms with Crippen molar-refractivity contribution >= 4 is 5.91 Å². The number of aromatic nitrogens is 2. The average molecular weight is 210 g/mol. The van der Waals surface area contributed by atoms with Crippen LogP contribution in [0.5, 0.6) is 0 Å². The van der Waals surface area contributed by atoms with E-state index in [1.807, 2.05) is 6.92 Å². The van der Waals surface area contributed by atoms with Crippen molar-refractivity contribution in [3.05, 3.63) is 17.5 Å². The van der Waals surface area contributed by atoms with Crippen molar-refractivity contribution < 1.29 is 4.79 Å². The minimum absolute atomic E-state index is 0.0699. The minimum atomic E-state index is -0.0699.